The number of benzene rings is 2. The van der Waals surface area contributed by atoms with Gasteiger partial charge >= 0.3 is 0 Å². The van der Waals surface area contributed by atoms with Gasteiger partial charge in [0.05, 0.1) is 28.3 Å². The predicted molar refractivity (Wildman–Crippen MR) is 108 cm³/mol. The standard InChI is InChI=1S/C20H19Cl2N3O2/c1-2-6-17(13-7-4-3-5-8-13)24-18(26)11-25-12-23-19-15(20(25)27)9-14(21)10-16(19)22/h3-5,7-10,12,17H,2,6,11H2,1H3,(H,24,26)/t17-/m1/s1. The highest BCUT2D eigenvalue weighted by Gasteiger charge is 2.15. The van der Waals surface area contributed by atoms with E-state index < -0.39 is 0 Å². The summed E-state index contributed by atoms with van der Waals surface area (Å²) >= 11 is 12.1. The Morgan fingerprint density at radius 1 is 1.22 bits per heavy atom. The quantitative estimate of drug-likeness (QED) is 0.664. The van der Waals surface area contributed by atoms with E-state index in [-0.39, 0.29) is 29.4 Å². The molecule has 140 valence electrons. The Morgan fingerprint density at radius 3 is 2.67 bits per heavy atom. The SMILES string of the molecule is CCC[C@@H](NC(=O)Cn1cnc2c(Cl)cc(Cl)cc2c1=O)c1ccccc1. The molecule has 0 aliphatic rings. The van der Waals surface area contributed by atoms with Crippen LogP contribution in [0.5, 0.6) is 0 Å². The van der Waals surface area contributed by atoms with Gasteiger partial charge in [-0.25, -0.2) is 4.98 Å². The molecule has 0 saturated carbocycles. The molecular weight excluding hydrogens is 385 g/mol. The highest BCUT2D eigenvalue weighted by Crippen LogP contribution is 2.24. The molecule has 1 N–H and O–H groups in total. The zero-order chi connectivity index (χ0) is 19.4. The number of fused-ring (bicyclic) bond motifs is 1. The monoisotopic (exact) mass is 403 g/mol. The first-order valence-corrected chi connectivity index (χ1v) is 9.43. The van der Waals surface area contributed by atoms with Crippen molar-refractivity contribution in [3.8, 4) is 0 Å². The van der Waals surface area contributed by atoms with Gasteiger partial charge in [-0.1, -0.05) is 66.9 Å². The maximum absolute atomic E-state index is 12.7. The van der Waals surface area contributed by atoms with Crippen LogP contribution in [0.3, 0.4) is 0 Å². The molecule has 1 heterocycles. The largest absolute Gasteiger partial charge is 0.348 e. The topological polar surface area (TPSA) is 64.0 Å². The second-order valence-corrected chi connectivity index (χ2v) is 7.12. The molecule has 7 heteroatoms. The van der Waals surface area contributed by atoms with Crippen LogP contribution in [-0.4, -0.2) is 15.5 Å². The Kier molecular flexibility index (Phi) is 6.14. The third-order valence-electron chi connectivity index (χ3n) is 4.27. The van der Waals surface area contributed by atoms with Gasteiger partial charge in [0.2, 0.25) is 5.91 Å². The second kappa shape index (κ2) is 8.55. The second-order valence-electron chi connectivity index (χ2n) is 6.28. The van der Waals surface area contributed by atoms with Crippen molar-refractivity contribution < 1.29 is 4.79 Å². The van der Waals surface area contributed by atoms with Gasteiger partial charge in [0.15, 0.2) is 0 Å². The molecular formula is C20H19Cl2N3O2. The summed E-state index contributed by atoms with van der Waals surface area (Å²) in [6.07, 6.45) is 3.07. The van der Waals surface area contributed by atoms with Gasteiger partial charge in [0.1, 0.15) is 6.54 Å². The van der Waals surface area contributed by atoms with Crippen molar-refractivity contribution in [2.45, 2.75) is 32.4 Å². The van der Waals surface area contributed by atoms with E-state index in [1.165, 1.54) is 23.0 Å². The van der Waals surface area contributed by atoms with Crippen molar-refractivity contribution in [1.82, 2.24) is 14.9 Å². The van der Waals surface area contributed by atoms with Gasteiger partial charge in [-0.3, -0.25) is 14.2 Å². The van der Waals surface area contributed by atoms with Crippen molar-refractivity contribution in [2.24, 2.45) is 0 Å². The maximum Gasteiger partial charge on any atom is 0.261 e. The van der Waals surface area contributed by atoms with Crippen LogP contribution in [0.2, 0.25) is 10.0 Å². The molecule has 0 spiro atoms. The van der Waals surface area contributed by atoms with E-state index in [0.717, 1.165) is 18.4 Å². The number of nitrogens with zero attached hydrogens (tertiary/aromatic N) is 2. The maximum atomic E-state index is 12.7. The smallest absolute Gasteiger partial charge is 0.261 e. The van der Waals surface area contributed by atoms with Crippen molar-refractivity contribution in [3.63, 3.8) is 0 Å². The van der Waals surface area contributed by atoms with Crippen LogP contribution in [0.25, 0.3) is 10.9 Å². The molecule has 0 aliphatic carbocycles. The summed E-state index contributed by atoms with van der Waals surface area (Å²) in [5, 5.41) is 3.94. The van der Waals surface area contributed by atoms with Crippen molar-refractivity contribution >= 4 is 40.0 Å². The summed E-state index contributed by atoms with van der Waals surface area (Å²) in [5.41, 5.74) is 1.05. The molecule has 0 radical (unpaired) electrons. The van der Waals surface area contributed by atoms with Crippen LogP contribution in [0.15, 0.2) is 53.6 Å². The first-order valence-electron chi connectivity index (χ1n) is 8.68. The number of carbonyl (C=O) groups is 1. The van der Waals surface area contributed by atoms with E-state index in [9.17, 15) is 9.59 Å². The van der Waals surface area contributed by atoms with E-state index in [0.29, 0.717) is 15.6 Å². The van der Waals surface area contributed by atoms with E-state index in [1.807, 2.05) is 30.3 Å². The lowest BCUT2D eigenvalue weighted by Gasteiger charge is -2.19. The number of amides is 1. The molecule has 0 fully saturated rings. The van der Waals surface area contributed by atoms with Crippen molar-refractivity contribution in [3.05, 3.63) is 74.8 Å². The van der Waals surface area contributed by atoms with Gasteiger partial charge in [0.25, 0.3) is 5.56 Å². The number of hydrogen-bond donors (Lipinski definition) is 1. The third kappa shape index (κ3) is 4.49. The van der Waals surface area contributed by atoms with Crippen LogP contribution in [-0.2, 0) is 11.3 Å². The Balaban J connectivity index is 1.83. The first-order chi connectivity index (χ1) is 13.0. The average Bonchev–Trinajstić information content (AvgIpc) is 2.65. The van der Waals surface area contributed by atoms with E-state index in [4.69, 9.17) is 23.2 Å². The Labute approximate surface area is 166 Å². The van der Waals surface area contributed by atoms with E-state index in [2.05, 4.69) is 17.2 Å². The average molecular weight is 404 g/mol. The fourth-order valence-electron chi connectivity index (χ4n) is 3.00. The first kappa shape index (κ1) is 19.4. The lowest BCUT2D eigenvalue weighted by atomic mass is 10.0. The Hall–Kier alpha value is -2.37. The summed E-state index contributed by atoms with van der Waals surface area (Å²) in [7, 11) is 0. The lowest BCUT2D eigenvalue weighted by Crippen LogP contribution is -2.34. The van der Waals surface area contributed by atoms with Crippen molar-refractivity contribution in [1.29, 1.82) is 0 Å². The zero-order valence-electron chi connectivity index (χ0n) is 14.8. The number of halogens is 2. The zero-order valence-corrected chi connectivity index (χ0v) is 16.3. The number of carbonyl (C=O) groups excluding carboxylic acids is 1. The minimum absolute atomic E-state index is 0.100. The van der Waals surface area contributed by atoms with Crippen LogP contribution >= 0.6 is 23.2 Å². The molecule has 2 aromatic carbocycles. The molecule has 1 aromatic heterocycles. The molecule has 5 nitrogen and oxygen atoms in total. The Morgan fingerprint density at radius 2 is 1.96 bits per heavy atom. The summed E-state index contributed by atoms with van der Waals surface area (Å²) in [6.45, 7) is 1.94. The number of hydrogen-bond acceptors (Lipinski definition) is 3. The Bertz CT molecular complexity index is 1020. The fourth-order valence-corrected chi connectivity index (χ4v) is 3.54. The van der Waals surface area contributed by atoms with Crippen LogP contribution in [0.4, 0.5) is 0 Å². The number of aromatic nitrogens is 2. The van der Waals surface area contributed by atoms with Gasteiger partial charge in [-0.2, -0.15) is 0 Å². The lowest BCUT2D eigenvalue weighted by molar-refractivity contribution is -0.122. The van der Waals surface area contributed by atoms with Gasteiger partial charge in [-0.15, -0.1) is 0 Å². The molecule has 1 atom stereocenters. The van der Waals surface area contributed by atoms with Gasteiger partial charge < -0.3 is 5.32 Å². The highest BCUT2D eigenvalue weighted by molar-refractivity contribution is 6.38. The van der Waals surface area contributed by atoms with Crippen LogP contribution < -0.4 is 10.9 Å². The minimum atomic E-state index is -0.355. The third-order valence-corrected chi connectivity index (χ3v) is 4.78. The number of rotatable bonds is 6. The van der Waals surface area contributed by atoms with E-state index >= 15 is 0 Å². The molecule has 1 amide bonds. The molecule has 0 aliphatic heterocycles. The molecule has 0 saturated heterocycles. The van der Waals surface area contributed by atoms with E-state index in [1.54, 1.807) is 0 Å². The van der Waals surface area contributed by atoms with Crippen LogP contribution in [0.1, 0.15) is 31.4 Å². The van der Waals surface area contributed by atoms with Gasteiger partial charge in [-0.05, 0) is 24.1 Å². The molecule has 0 unspecified atom stereocenters. The predicted octanol–water partition coefficient (Wildman–Crippen LogP) is 4.36. The normalized spacial score (nSPS) is 12.1. The van der Waals surface area contributed by atoms with Crippen molar-refractivity contribution in [2.75, 3.05) is 0 Å². The molecule has 3 aromatic rings. The molecule has 3 rings (SSSR count). The van der Waals surface area contributed by atoms with Gasteiger partial charge in [0, 0.05) is 5.02 Å². The van der Waals surface area contributed by atoms with Crippen LogP contribution in [0, 0.1) is 0 Å². The molecule has 0 bridgehead atoms. The summed E-state index contributed by atoms with van der Waals surface area (Å²) in [6, 6.07) is 12.7. The minimum Gasteiger partial charge on any atom is -0.348 e. The summed E-state index contributed by atoms with van der Waals surface area (Å²) in [5.74, 6) is -0.256. The molecule has 27 heavy (non-hydrogen) atoms. The fraction of sp³-hybridized carbons (Fsp3) is 0.250. The summed E-state index contributed by atoms with van der Waals surface area (Å²) in [4.78, 5) is 29.4. The summed E-state index contributed by atoms with van der Waals surface area (Å²) < 4.78 is 1.26. The number of nitrogens with one attached hydrogen (secondary N) is 1. The highest BCUT2D eigenvalue weighted by atomic mass is 35.5.